The fourth-order valence-electron chi connectivity index (χ4n) is 4.81. The number of aliphatic hydroxyl groups excluding tert-OH is 1. The lowest BCUT2D eigenvalue weighted by Gasteiger charge is -2.46. The molecule has 2 aromatic rings. The van der Waals surface area contributed by atoms with Crippen molar-refractivity contribution in [1.82, 2.24) is 19.5 Å². The fourth-order valence-corrected chi connectivity index (χ4v) is 4.81. The van der Waals surface area contributed by atoms with E-state index in [-0.39, 0.29) is 5.52 Å². The van der Waals surface area contributed by atoms with Gasteiger partial charge in [0.05, 0.1) is 6.61 Å². The van der Waals surface area contributed by atoms with Crippen molar-refractivity contribution < 1.29 is 48.2 Å². The number of nitrogens with two attached hydrogens (primary N) is 1. The maximum Gasteiger partial charge on any atom is 0.473 e. The highest BCUT2D eigenvalue weighted by atomic mass is 16.7. The van der Waals surface area contributed by atoms with Gasteiger partial charge >= 0.3 is 17.9 Å². The van der Waals surface area contributed by atoms with Crippen LogP contribution in [0, 0.1) is 10.1 Å². The van der Waals surface area contributed by atoms with E-state index in [2.05, 4.69) is 15.0 Å². The van der Waals surface area contributed by atoms with Gasteiger partial charge in [0, 0.05) is 13.8 Å². The van der Waals surface area contributed by atoms with Gasteiger partial charge in [-0.3, -0.25) is 28.5 Å². The Morgan fingerprint density at radius 1 is 1.08 bits per heavy atom. The van der Waals surface area contributed by atoms with Gasteiger partial charge < -0.3 is 35.2 Å². The summed E-state index contributed by atoms with van der Waals surface area (Å²) in [6.45, 7) is 3.17. The van der Waals surface area contributed by atoms with E-state index >= 15 is 0 Å². The molecule has 17 heteroatoms. The second-order valence-corrected chi connectivity index (χ2v) is 8.16. The van der Waals surface area contributed by atoms with Crippen molar-refractivity contribution in [2.45, 2.75) is 57.6 Å². The smallest absolute Gasteiger partial charge is 0.443 e. The zero-order valence-corrected chi connectivity index (χ0v) is 20.2. The quantitative estimate of drug-likeness (QED) is 0.233. The molecule has 37 heavy (non-hydrogen) atoms. The Bertz CT molecular complexity index is 1370. The number of aromatic nitrogens is 4. The van der Waals surface area contributed by atoms with Crippen molar-refractivity contribution in [3.63, 3.8) is 0 Å². The minimum atomic E-state index is -3.12. The van der Waals surface area contributed by atoms with Crippen molar-refractivity contribution in [3.05, 3.63) is 16.4 Å². The molecule has 4 atom stereocenters. The first-order valence-electron chi connectivity index (χ1n) is 10.5. The molecule has 1 fully saturated rings. The number of imidazole rings is 1. The number of rotatable bonds is 8. The van der Waals surface area contributed by atoms with E-state index in [4.69, 9.17) is 19.9 Å². The Balaban J connectivity index is 2.65. The zero-order chi connectivity index (χ0) is 28.1. The summed E-state index contributed by atoms with van der Waals surface area (Å²) in [5.41, 5.74) is -4.01. The Hall–Kier alpha value is -4.38. The van der Waals surface area contributed by atoms with Crippen LogP contribution in [0.25, 0.3) is 11.2 Å². The molecule has 0 bridgehead atoms. The first-order valence-corrected chi connectivity index (χ1v) is 10.5. The molecule has 3 heterocycles. The van der Waals surface area contributed by atoms with E-state index in [9.17, 15) is 39.2 Å². The molecule has 0 aliphatic carbocycles. The second-order valence-electron chi connectivity index (χ2n) is 8.16. The average Bonchev–Trinajstić information content (AvgIpc) is 3.30. The van der Waals surface area contributed by atoms with Crippen molar-refractivity contribution in [3.8, 4) is 0 Å². The van der Waals surface area contributed by atoms with Crippen LogP contribution in [-0.4, -0.2) is 82.8 Å². The van der Waals surface area contributed by atoms with Crippen molar-refractivity contribution in [1.29, 1.82) is 0 Å². The molecule has 1 saturated heterocycles. The van der Waals surface area contributed by atoms with Gasteiger partial charge in [-0.05, 0) is 35.7 Å². The standard InChI is InChI=1S/C20H22N6O11/c1-8(28)18(35-11(4)31)13(6-27)37-20(10(3)30,19(18,9(2)29)36-12(5)32)25-7-22-14-15(21)23-17(26(33)34)24-16(14)25/h7,13,27H,6H2,1-5H3,(H2,21,23,24)/t13-,18-,19-,20-/m1/s1. The molecule has 0 unspecified atom stereocenters. The number of nitrogens with zero attached hydrogens (tertiary/aromatic N) is 5. The molecule has 0 spiro atoms. The minimum Gasteiger partial charge on any atom is -0.443 e. The van der Waals surface area contributed by atoms with Crippen LogP contribution in [0.4, 0.5) is 11.8 Å². The number of nitro groups is 1. The normalized spacial score (nSPS) is 27.0. The largest absolute Gasteiger partial charge is 0.473 e. The lowest BCUT2D eigenvalue weighted by molar-refractivity contribution is -0.394. The highest BCUT2D eigenvalue weighted by Crippen LogP contribution is 2.56. The number of esters is 2. The second kappa shape index (κ2) is 8.93. The Morgan fingerprint density at radius 2 is 1.68 bits per heavy atom. The van der Waals surface area contributed by atoms with Crippen LogP contribution in [0.1, 0.15) is 34.6 Å². The molecule has 198 valence electrons. The number of hydrogen-bond acceptors (Lipinski definition) is 15. The third-order valence-electron chi connectivity index (χ3n) is 5.94. The minimum absolute atomic E-state index is 0.288. The number of aliphatic hydroxyl groups is 1. The number of carbonyl (C=O) groups excluding carboxylic acids is 5. The molecule has 0 saturated carbocycles. The average molecular weight is 522 g/mol. The third-order valence-corrected chi connectivity index (χ3v) is 5.94. The van der Waals surface area contributed by atoms with E-state index in [0.717, 1.165) is 40.9 Å². The van der Waals surface area contributed by atoms with Gasteiger partial charge in [-0.15, -0.1) is 0 Å². The van der Waals surface area contributed by atoms with Crippen molar-refractivity contribution in [2.24, 2.45) is 0 Å². The van der Waals surface area contributed by atoms with Gasteiger partial charge in [0.25, 0.3) is 11.3 Å². The molecule has 0 radical (unpaired) electrons. The number of nitrogen functional groups attached to an aromatic ring is 1. The summed E-state index contributed by atoms with van der Waals surface area (Å²) >= 11 is 0. The summed E-state index contributed by atoms with van der Waals surface area (Å²) in [6.07, 6.45) is -1.13. The van der Waals surface area contributed by atoms with E-state index in [1.165, 1.54) is 0 Å². The lowest BCUT2D eigenvalue weighted by Crippen LogP contribution is -2.75. The molecule has 0 amide bonds. The number of hydrogen-bond donors (Lipinski definition) is 2. The molecule has 0 aromatic carbocycles. The van der Waals surface area contributed by atoms with Crippen LogP contribution in [0.15, 0.2) is 6.33 Å². The number of ketones is 3. The summed E-state index contributed by atoms with van der Waals surface area (Å²) in [5.74, 6) is -7.38. The molecule has 3 rings (SSSR count). The van der Waals surface area contributed by atoms with Crippen molar-refractivity contribution >= 4 is 52.2 Å². The molecular formula is C20H22N6O11. The van der Waals surface area contributed by atoms with Crippen LogP contribution >= 0.6 is 0 Å². The SMILES string of the molecule is CC(=O)O[C@]1(C(C)=O)[C@@](OC(C)=O)(C(C)=O)[C@@H](CO)O[C@@]1(C(C)=O)n1cnc2c(N)nc([N+](=O)[O-])nc21. The number of anilines is 1. The van der Waals surface area contributed by atoms with Gasteiger partial charge in [0.15, 0.2) is 22.9 Å². The third kappa shape index (κ3) is 3.45. The molecule has 17 nitrogen and oxygen atoms in total. The van der Waals surface area contributed by atoms with Crippen LogP contribution in [0.2, 0.25) is 0 Å². The van der Waals surface area contributed by atoms with E-state index in [1.807, 2.05) is 0 Å². The predicted octanol–water partition coefficient (Wildman–Crippen LogP) is -1.27. The van der Waals surface area contributed by atoms with Gasteiger partial charge in [-0.1, -0.05) is 0 Å². The maximum absolute atomic E-state index is 13.5. The van der Waals surface area contributed by atoms with Crippen LogP contribution in [0.3, 0.4) is 0 Å². The molecule has 3 N–H and O–H groups in total. The van der Waals surface area contributed by atoms with Gasteiger partial charge in [0.1, 0.15) is 12.4 Å². The number of Topliss-reactive ketones (excluding diaryl/α,β-unsaturated/α-hetero) is 3. The molecule has 2 aromatic heterocycles. The van der Waals surface area contributed by atoms with Crippen LogP contribution < -0.4 is 5.73 Å². The monoisotopic (exact) mass is 522 g/mol. The molecule has 1 aliphatic rings. The van der Waals surface area contributed by atoms with E-state index in [1.54, 1.807) is 0 Å². The van der Waals surface area contributed by atoms with Crippen LogP contribution in [0.5, 0.6) is 0 Å². The highest BCUT2D eigenvalue weighted by Gasteiger charge is 2.85. The van der Waals surface area contributed by atoms with Crippen molar-refractivity contribution in [2.75, 3.05) is 12.3 Å². The summed E-state index contributed by atoms with van der Waals surface area (Å²) in [5, 5.41) is 21.6. The summed E-state index contributed by atoms with van der Waals surface area (Å²) in [7, 11) is 0. The Kier molecular flexibility index (Phi) is 6.57. The fraction of sp³-hybridized carbons (Fsp3) is 0.500. The Morgan fingerprint density at radius 3 is 2.11 bits per heavy atom. The maximum atomic E-state index is 13.5. The number of fused-ring (bicyclic) bond motifs is 1. The highest BCUT2D eigenvalue weighted by molar-refractivity contribution is 6.07. The molecule has 1 aliphatic heterocycles. The van der Waals surface area contributed by atoms with Gasteiger partial charge in [0.2, 0.25) is 17.1 Å². The first kappa shape index (κ1) is 27.2. The summed E-state index contributed by atoms with van der Waals surface area (Å²) in [6, 6.07) is 0. The number of carbonyl (C=O) groups is 5. The first-order chi connectivity index (χ1) is 17.1. The van der Waals surface area contributed by atoms with Gasteiger partial charge in [-0.25, -0.2) is 4.98 Å². The topological polar surface area (TPSA) is 246 Å². The van der Waals surface area contributed by atoms with E-state index < -0.39 is 81.3 Å². The molecular weight excluding hydrogens is 500 g/mol. The van der Waals surface area contributed by atoms with Gasteiger partial charge in [-0.2, -0.15) is 0 Å². The van der Waals surface area contributed by atoms with E-state index in [0.29, 0.717) is 4.57 Å². The Labute approximate surface area is 207 Å². The summed E-state index contributed by atoms with van der Waals surface area (Å²) < 4.78 is 17.3. The summed E-state index contributed by atoms with van der Waals surface area (Å²) in [4.78, 5) is 86.5. The zero-order valence-electron chi connectivity index (χ0n) is 20.2. The van der Waals surface area contributed by atoms with Crippen LogP contribution in [-0.2, 0) is 43.9 Å². The predicted molar refractivity (Wildman–Crippen MR) is 117 cm³/mol. The number of ether oxygens (including phenoxy) is 3. The lowest BCUT2D eigenvalue weighted by atomic mass is 9.68.